The van der Waals surface area contributed by atoms with Gasteiger partial charge in [-0.2, -0.15) is 5.10 Å². The zero-order valence-electron chi connectivity index (χ0n) is 28.9. The van der Waals surface area contributed by atoms with Gasteiger partial charge in [0.1, 0.15) is 37.7 Å². The molecule has 1 aromatic heterocycles. The lowest BCUT2D eigenvalue weighted by molar-refractivity contribution is -0.190. The number of piperazine rings is 1. The van der Waals surface area contributed by atoms with Gasteiger partial charge in [0.2, 0.25) is 5.79 Å². The third-order valence-electron chi connectivity index (χ3n) is 9.00. The van der Waals surface area contributed by atoms with Crippen LogP contribution in [0.4, 0.5) is 17.1 Å². The maximum Gasteiger partial charge on any atom is 0.217 e. The fourth-order valence-electron chi connectivity index (χ4n) is 6.19. The number of aromatic nitrogens is 3. The Balaban J connectivity index is 0.980. The first-order chi connectivity index (χ1) is 24.8. The third-order valence-corrected chi connectivity index (χ3v) is 9.91. The van der Waals surface area contributed by atoms with Crippen LogP contribution < -0.4 is 19.9 Å². The van der Waals surface area contributed by atoms with Crippen LogP contribution in [0.5, 0.6) is 5.75 Å². The monoisotopic (exact) mass is 755 g/mol. The highest BCUT2D eigenvalue weighted by molar-refractivity contribution is 7.80. The highest BCUT2D eigenvalue weighted by atomic mass is 35.5. The van der Waals surface area contributed by atoms with E-state index in [1.54, 1.807) is 37.4 Å². The topological polar surface area (TPSA) is 98.6 Å². The second-order valence-electron chi connectivity index (χ2n) is 12.2. The van der Waals surface area contributed by atoms with Gasteiger partial charge in [-0.3, -0.25) is 0 Å². The fraction of sp³-hybridized carbons (Fsp3) is 0.417. The Morgan fingerprint density at radius 3 is 2.25 bits per heavy atom. The number of hydrogen-bond donors (Lipinski definition) is 1. The van der Waals surface area contributed by atoms with Gasteiger partial charge in [-0.15, -0.1) is 0 Å². The maximum absolute atomic E-state index is 6.59. The molecule has 1 N–H and O–H groups in total. The molecule has 0 saturated carbocycles. The normalized spacial score (nSPS) is 19.1. The molecule has 2 atom stereocenters. The number of hydrogen-bond acceptors (Lipinski definition) is 10. The summed E-state index contributed by atoms with van der Waals surface area (Å²) in [5, 5.41) is 9.19. The van der Waals surface area contributed by atoms with Gasteiger partial charge in [-0.25, -0.2) is 9.67 Å². The van der Waals surface area contributed by atoms with Crippen LogP contribution >= 0.6 is 35.4 Å². The van der Waals surface area contributed by atoms with E-state index in [0.717, 1.165) is 49.8 Å². The number of halogens is 2. The third kappa shape index (κ3) is 9.22. The van der Waals surface area contributed by atoms with E-state index in [1.165, 1.54) is 12.0 Å². The van der Waals surface area contributed by atoms with E-state index in [2.05, 4.69) is 68.5 Å². The molecule has 4 aromatic rings. The molecule has 0 amide bonds. The van der Waals surface area contributed by atoms with Crippen LogP contribution in [0.2, 0.25) is 10.0 Å². The second kappa shape index (κ2) is 17.2. The Labute approximate surface area is 314 Å². The zero-order valence-corrected chi connectivity index (χ0v) is 31.2. The van der Waals surface area contributed by atoms with Crippen LogP contribution in [0, 0.1) is 0 Å². The average molecular weight is 757 g/mol. The lowest BCUT2D eigenvalue weighted by Gasteiger charge is -2.37. The summed E-state index contributed by atoms with van der Waals surface area (Å²) in [6.07, 6.45) is 2.41. The molecule has 6 rings (SSSR count). The van der Waals surface area contributed by atoms with Crippen LogP contribution in [-0.2, 0) is 31.3 Å². The standard InChI is InChI=1S/C36H43Cl2N7O5S/c1-4-42(20-34(46-2)47-3)35(51)41-27-6-8-28(9-7-27)43-15-17-44(18-16-43)29-10-12-30(13-11-29)48-21-31-22-49-36(50-31,23-45-25-39-24-40-45)32-14-5-26(37)19-33(32)38/h5-14,19,24-25,31,34H,4,15-18,20-23H2,1-3H3,(H,41,51)/t31-,36-/m1/s1. The summed E-state index contributed by atoms with van der Waals surface area (Å²) < 4.78 is 31.2. The van der Waals surface area contributed by atoms with Crippen molar-refractivity contribution in [2.24, 2.45) is 0 Å². The van der Waals surface area contributed by atoms with Crippen LogP contribution in [0.25, 0.3) is 0 Å². The molecule has 3 aromatic carbocycles. The predicted molar refractivity (Wildman–Crippen MR) is 203 cm³/mol. The Kier molecular flexibility index (Phi) is 12.5. The maximum atomic E-state index is 6.59. The number of nitrogens with one attached hydrogen (secondary N) is 1. The van der Waals surface area contributed by atoms with Crippen molar-refractivity contribution < 1.29 is 23.7 Å². The van der Waals surface area contributed by atoms with E-state index in [1.807, 2.05) is 23.1 Å². The minimum absolute atomic E-state index is 0.271. The number of rotatable bonds is 14. The summed E-state index contributed by atoms with van der Waals surface area (Å²) in [5.41, 5.74) is 3.95. The largest absolute Gasteiger partial charge is 0.491 e. The van der Waals surface area contributed by atoms with Crippen molar-refractivity contribution in [3.05, 3.63) is 95.0 Å². The molecule has 2 saturated heterocycles. The van der Waals surface area contributed by atoms with Crippen LogP contribution in [-0.4, -0.2) is 104 Å². The molecule has 51 heavy (non-hydrogen) atoms. The van der Waals surface area contributed by atoms with Gasteiger partial charge in [-0.05, 0) is 79.8 Å². The van der Waals surface area contributed by atoms with Crippen LogP contribution in [0.15, 0.2) is 79.4 Å². The molecule has 2 aliphatic rings. The molecule has 15 heteroatoms. The van der Waals surface area contributed by atoms with E-state index in [4.69, 9.17) is 59.1 Å². The van der Waals surface area contributed by atoms with Gasteiger partial charge in [0.15, 0.2) is 11.4 Å². The van der Waals surface area contributed by atoms with Crippen molar-refractivity contribution >= 4 is 57.6 Å². The van der Waals surface area contributed by atoms with E-state index < -0.39 is 5.79 Å². The molecule has 2 fully saturated rings. The molecule has 0 unspecified atom stereocenters. The first-order valence-electron chi connectivity index (χ1n) is 16.8. The van der Waals surface area contributed by atoms with E-state index >= 15 is 0 Å². The molecule has 0 spiro atoms. The number of thiocarbonyl (C=S) groups is 1. The predicted octanol–water partition coefficient (Wildman–Crippen LogP) is 5.90. The first kappa shape index (κ1) is 37.1. The summed E-state index contributed by atoms with van der Waals surface area (Å²) in [4.78, 5) is 10.9. The smallest absolute Gasteiger partial charge is 0.217 e. The molecule has 0 radical (unpaired) electrons. The second-order valence-corrected chi connectivity index (χ2v) is 13.4. The van der Waals surface area contributed by atoms with Gasteiger partial charge in [0, 0.05) is 74.6 Å². The Bertz CT molecular complexity index is 1710. The van der Waals surface area contributed by atoms with Crippen LogP contribution in [0.1, 0.15) is 12.5 Å². The van der Waals surface area contributed by atoms with E-state index in [9.17, 15) is 0 Å². The minimum Gasteiger partial charge on any atom is -0.491 e. The summed E-state index contributed by atoms with van der Waals surface area (Å²) in [6, 6.07) is 21.9. The number of ether oxygens (including phenoxy) is 5. The molecule has 0 bridgehead atoms. The van der Waals surface area contributed by atoms with Crippen molar-refractivity contribution in [1.82, 2.24) is 19.7 Å². The molecule has 0 aliphatic carbocycles. The number of benzene rings is 3. The average Bonchev–Trinajstić information content (AvgIpc) is 3.82. The quantitative estimate of drug-likeness (QED) is 0.123. The molecule has 12 nitrogen and oxygen atoms in total. The fourth-order valence-corrected chi connectivity index (χ4v) is 7.06. The first-order valence-corrected chi connectivity index (χ1v) is 18.0. The molecule has 2 aliphatic heterocycles. The Morgan fingerprint density at radius 2 is 1.67 bits per heavy atom. The highest BCUT2D eigenvalue weighted by Gasteiger charge is 2.45. The van der Waals surface area contributed by atoms with E-state index in [0.29, 0.717) is 40.5 Å². The molecule has 3 heterocycles. The van der Waals surface area contributed by atoms with Gasteiger partial charge in [0.25, 0.3) is 0 Å². The Hall–Kier alpha value is -3.69. The lowest BCUT2D eigenvalue weighted by atomic mass is 10.1. The van der Waals surface area contributed by atoms with Gasteiger partial charge in [-0.1, -0.05) is 29.3 Å². The number of likely N-dealkylation sites (N-methyl/N-ethyl adjacent to an activating group) is 1. The summed E-state index contributed by atoms with van der Waals surface area (Å²) in [7, 11) is 3.25. The van der Waals surface area contributed by atoms with Crippen molar-refractivity contribution in [2.45, 2.75) is 31.6 Å². The summed E-state index contributed by atoms with van der Waals surface area (Å²) >= 11 is 18.4. The number of methoxy groups -OCH3 is 2. The van der Waals surface area contributed by atoms with Crippen molar-refractivity contribution in [1.29, 1.82) is 0 Å². The number of anilines is 3. The van der Waals surface area contributed by atoms with Crippen molar-refractivity contribution in [2.75, 3.05) is 81.8 Å². The van der Waals surface area contributed by atoms with E-state index in [-0.39, 0.29) is 18.9 Å². The summed E-state index contributed by atoms with van der Waals surface area (Å²) in [6.45, 7) is 7.89. The van der Waals surface area contributed by atoms with Crippen LogP contribution in [0.3, 0.4) is 0 Å². The van der Waals surface area contributed by atoms with Crippen molar-refractivity contribution in [3.8, 4) is 5.75 Å². The van der Waals surface area contributed by atoms with Crippen molar-refractivity contribution in [3.63, 3.8) is 0 Å². The lowest BCUT2D eigenvalue weighted by Crippen LogP contribution is -2.46. The number of nitrogens with zero attached hydrogens (tertiary/aromatic N) is 6. The highest BCUT2D eigenvalue weighted by Crippen LogP contribution is 2.40. The molecular weight excluding hydrogens is 713 g/mol. The van der Waals surface area contributed by atoms with Gasteiger partial charge < -0.3 is 43.7 Å². The Morgan fingerprint density at radius 1 is 1.00 bits per heavy atom. The zero-order chi connectivity index (χ0) is 35.8. The molecule has 272 valence electrons. The minimum atomic E-state index is -1.16. The van der Waals surface area contributed by atoms with Gasteiger partial charge >= 0.3 is 0 Å². The molecular formula is C36H43Cl2N7O5S. The van der Waals surface area contributed by atoms with Gasteiger partial charge in [0.05, 0.1) is 18.2 Å². The summed E-state index contributed by atoms with van der Waals surface area (Å²) in [5.74, 6) is -0.399. The SMILES string of the molecule is CCN(CC(OC)OC)C(=S)Nc1ccc(N2CCN(c3ccc(OC[C@@H]4CO[C@@](Cn5cncn5)(c5ccc(Cl)cc5Cl)O4)cc3)CC2)cc1.